The second kappa shape index (κ2) is 9.86. The van der Waals surface area contributed by atoms with Crippen molar-refractivity contribution in [2.75, 3.05) is 39.3 Å². The number of halogens is 4. The summed E-state index contributed by atoms with van der Waals surface area (Å²) in [4.78, 5) is 1.52. The molecule has 1 atom stereocenters. The predicted molar refractivity (Wildman–Crippen MR) is 112 cm³/mol. The van der Waals surface area contributed by atoms with Crippen molar-refractivity contribution in [1.29, 1.82) is 0 Å². The Morgan fingerprint density at radius 1 is 1.06 bits per heavy atom. The van der Waals surface area contributed by atoms with E-state index in [0.29, 0.717) is 31.5 Å². The molecule has 31 heavy (non-hydrogen) atoms. The molecular formula is C20H22BrF3N2O4S. The van der Waals surface area contributed by atoms with Gasteiger partial charge in [-0.2, -0.15) is 17.5 Å². The van der Waals surface area contributed by atoms with Gasteiger partial charge in [0.1, 0.15) is 18.5 Å². The molecule has 1 aliphatic rings. The lowest BCUT2D eigenvalue weighted by molar-refractivity contribution is -0.137. The number of aliphatic hydroxyl groups excluding tert-OH is 1. The Balaban J connectivity index is 1.53. The number of piperazine rings is 1. The molecule has 1 saturated heterocycles. The third kappa shape index (κ3) is 6.42. The Morgan fingerprint density at radius 2 is 1.74 bits per heavy atom. The zero-order valence-corrected chi connectivity index (χ0v) is 18.8. The average Bonchev–Trinajstić information content (AvgIpc) is 2.72. The van der Waals surface area contributed by atoms with Crippen LogP contribution in [0.15, 0.2) is 57.9 Å². The quantitative estimate of drug-likeness (QED) is 0.604. The number of sulfonamides is 1. The van der Waals surface area contributed by atoms with E-state index in [1.54, 1.807) is 12.1 Å². The number of β-amino-alcohol motifs (C(OH)–C–C–N with tert-alkyl or cyclic N) is 1. The highest BCUT2D eigenvalue weighted by Gasteiger charge is 2.34. The number of aliphatic hydroxyl groups is 1. The molecule has 0 saturated carbocycles. The third-order valence-electron chi connectivity index (χ3n) is 4.84. The number of nitrogens with zero attached hydrogens (tertiary/aromatic N) is 2. The lowest BCUT2D eigenvalue weighted by Gasteiger charge is -2.34. The molecule has 6 nitrogen and oxygen atoms in total. The first-order valence-corrected chi connectivity index (χ1v) is 11.8. The van der Waals surface area contributed by atoms with Crippen molar-refractivity contribution in [3.05, 3.63) is 58.6 Å². The number of benzene rings is 2. The number of alkyl halides is 3. The molecule has 0 aromatic heterocycles. The molecule has 0 aliphatic carbocycles. The van der Waals surface area contributed by atoms with E-state index in [2.05, 4.69) is 15.9 Å². The first-order chi connectivity index (χ1) is 14.6. The molecule has 0 spiro atoms. The van der Waals surface area contributed by atoms with E-state index in [9.17, 15) is 26.7 Å². The van der Waals surface area contributed by atoms with Crippen LogP contribution in [0.4, 0.5) is 13.2 Å². The highest BCUT2D eigenvalue weighted by Crippen LogP contribution is 2.31. The summed E-state index contributed by atoms with van der Waals surface area (Å²) in [6, 6.07) is 11.0. The van der Waals surface area contributed by atoms with Crippen LogP contribution in [0.1, 0.15) is 5.56 Å². The summed E-state index contributed by atoms with van der Waals surface area (Å²) >= 11 is 3.34. The van der Waals surface area contributed by atoms with Crippen LogP contribution < -0.4 is 4.74 Å². The molecular weight excluding hydrogens is 501 g/mol. The van der Waals surface area contributed by atoms with Crippen molar-refractivity contribution in [2.45, 2.75) is 17.2 Å². The van der Waals surface area contributed by atoms with Crippen LogP contribution in [-0.4, -0.2) is 68.2 Å². The van der Waals surface area contributed by atoms with Crippen molar-refractivity contribution in [3.63, 3.8) is 0 Å². The van der Waals surface area contributed by atoms with Gasteiger partial charge in [-0.1, -0.05) is 28.1 Å². The van der Waals surface area contributed by atoms with E-state index in [1.165, 1.54) is 10.4 Å². The van der Waals surface area contributed by atoms with E-state index in [1.807, 2.05) is 17.0 Å². The molecule has 1 unspecified atom stereocenters. The van der Waals surface area contributed by atoms with Crippen molar-refractivity contribution >= 4 is 26.0 Å². The molecule has 0 bridgehead atoms. The molecule has 1 N–H and O–H groups in total. The summed E-state index contributed by atoms with van der Waals surface area (Å²) in [5.74, 6) is 0.616. The Labute approximate surface area is 187 Å². The molecule has 2 aromatic rings. The largest absolute Gasteiger partial charge is 0.491 e. The average molecular weight is 523 g/mol. The molecule has 1 heterocycles. The first kappa shape index (κ1) is 24.0. The van der Waals surface area contributed by atoms with Crippen LogP contribution in [0.3, 0.4) is 0 Å². The standard InChI is InChI=1S/C20H22BrF3N2O4S/c21-16-4-2-5-18(12-16)30-14-17(27)13-25-7-9-26(10-8-25)31(28,29)19-6-1-3-15(11-19)20(22,23)24/h1-6,11-12,17,27H,7-10,13-14H2. The molecule has 0 radical (unpaired) electrons. The van der Waals surface area contributed by atoms with Crippen molar-refractivity contribution in [1.82, 2.24) is 9.21 Å². The summed E-state index contributed by atoms with van der Waals surface area (Å²) in [7, 11) is -4.03. The number of hydrogen-bond acceptors (Lipinski definition) is 5. The van der Waals surface area contributed by atoms with Crippen LogP contribution in [0.5, 0.6) is 5.75 Å². The minimum atomic E-state index is -4.61. The minimum absolute atomic E-state index is 0.0825. The minimum Gasteiger partial charge on any atom is -0.491 e. The van der Waals surface area contributed by atoms with Gasteiger partial charge in [0.05, 0.1) is 10.5 Å². The van der Waals surface area contributed by atoms with Gasteiger partial charge in [0.2, 0.25) is 10.0 Å². The predicted octanol–water partition coefficient (Wildman–Crippen LogP) is 3.21. The van der Waals surface area contributed by atoms with Gasteiger partial charge in [-0.15, -0.1) is 0 Å². The molecule has 0 amide bonds. The van der Waals surface area contributed by atoms with Gasteiger partial charge in [-0.3, -0.25) is 4.90 Å². The monoisotopic (exact) mass is 522 g/mol. The van der Waals surface area contributed by atoms with Crippen LogP contribution in [0, 0.1) is 0 Å². The van der Waals surface area contributed by atoms with Crippen molar-refractivity contribution < 1.29 is 31.4 Å². The molecule has 3 rings (SSSR count). The van der Waals surface area contributed by atoms with Crippen molar-refractivity contribution in [2.24, 2.45) is 0 Å². The van der Waals surface area contributed by atoms with E-state index >= 15 is 0 Å². The van der Waals surface area contributed by atoms with E-state index in [0.717, 1.165) is 16.6 Å². The van der Waals surface area contributed by atoms with Gasteiger partial charge in [-0.25, -0.2) is 8.42 Å². The smallest absolute Gasteiger partial charge is 0.416 e. The lowest BCUT2D eigenvalue weighted by atomic mass is 10.2. The fraction of sp³-hybridized carbons (Fsp3) is 0.400. The molecule has 1 fully saturated rings. The lowest BCUT2D eigenvalue weighted by Crippen LogP contribution is -2.50. The van der Waals surface area contributed by atoms with Gasteiger partial charge < -0.3 is 9.84 Å². The van der Waals surface area contributed by atoms with E-state index < -0.39 is 27.9 Å². The van der Waals surface area contributed by atoms with Crippen LogP contribution in [0.2, 0.25) is 0 Å². The number of rotatable bonds is 7. The van der Waals surface area contributed by atoms with Crippen LogP contribution in [0.25, 0.3) is 0 Å². The highest BCUT2D eigenvalue weighted by molar-refractivity contribution is 9.10. The Hall–Kier alpha value is -1.66. The zero-order valence-electron chi connectivity index (χ0n) is 16.4. The summed E-state index contributed by atoms with van der Waals surface area (Å²) in [6.45, 7) is 1.33. The van der Waals surface area contributed by atoms with Crippen molar-refractivity contribution in [3.8, 4) is 5.75 Å². The first-order valence-electron chi connectivity index (χ1n) is 9.52. The van der Waals surface area contributed by atoms with Crippen LogP contribution >= 0.6 is 15.9 Å². The fourth-order valence-electron chi connectivity index (χ4n) is 3.23. The third-order valence-corrected chi connectivity index (χ3v) is 7.23. The maximum Gasteiger partial charge on any atom is 0.416 e. The Kier molecular flexibility index (Phi) is 7.63. The molecule has 11 heteroatoms. The normalized spacial score (nSPS) is 17.5. The maximum atomic E-state index is 12.9. The Morgan fingerprint density at radius 3 is 2.39 bits per heavy atom. The van der Waals surface area contributed by atoms with Gasteiger partial charge >= 0.3 is 6.18 Å². The molecule has 2 aromatic carbocycles. The molecule has 1 aliphatic heterocycles. The van der Waals surface area contributed by atoms with Gasteiger partial charge in [0.25, 0.3) is 0 Å². The summed E-state index contributed by atoms with van der Waals surface area (Å²) < 4.78 is 71.8. The van der Waals surface area contributed by atoms with Crippen LogP contribution in [-0.2, 0) is 16.2 Å². The summed E-state index contributed by atoms with van der Waals surface area (Å²) in [5, 5.41) is 10.2. The number of hydrogen-bond donors (Lipinski definition) is 1. The van der Waals surface area contributed by atoms with Gasteiger partial charge in [0.15, 0.2) is 0 Å². The second-order valence-electron chi connectivity index (χ2n) is 7.15. The Bertz CT molecular complexity index is 996. The topological polar surface area (TPSA) is 70.1 Å². The zero-order chi connectivity index (χ0) is 22.6. The van der Waals surface area contributed by atoms with Gasteiger partial charge in [-0.05, 0) is 36.4 Å². The number of ether oxygens (including phenoxy) is 1. The van der Waals surface area contributed by atoms with Gasteiger partial charge in [0, 0.05) is 37.2 Å². The van der Waals surface area contributed by atoms with E-state index in [4.69, 9.17) is 4.74 Å². The molecule has 170 valence electrons. The second-order valence-corrected chi connectivity index (χ2v) is 10.0. The summed E-state index contributed by atoms with van der Waals surface area (Å²) in [6.07, 6.45) is -5.39. The summed E-state index contributed by atoms with van der Waals surface area (Å²) in [5.41, 5.74) is -0.999. The fourth-order valence-corrected chi connectivity index (χ4v) is 5.08. The highest BCUT2D eigenvalue weighted by atomic mass is 79.9. The maximum absolute atomic E-state index is 12.9. The SMILES string of the molecule is O=S(=O)(c1cccc(C(F)(F)F)c1)N1CCN(CC(O)COc2cccc(Br)c2)CC1. The van der Waals surface area contributed by atoms with E-state index in [-0.39, 0.29) is 24.6 Å².